The summed E-state index contributed by atoms with van der Waals surface area (Å²) in [5, 5.41) is 37.4. The lowest BCUT2D eigenvalue weighted by Crippen LogP contribution is -2.56. The van der Waals surface area contributed by atoms with Gasteiger partial charge in [0.2, 0.25) is 0 Å². The molecule has 1 rings (SSSR count). The Labute approximate surface area is 87.1 Å². The molecule has 6 heteroatoms. The van der Waals surface area contributed by atoms with E-state index in [4.69, 9.17) is 9.84 Å². The van der Waals surface area contributed by atoms with Crippen molar-refractivity contribution in [3.05, 3.63) is 0 Å². The maximum atomic E-state index is 10.8. The van der Waals surface area contributed by atoms with E-state index < -0.39 is 29.9 Å². The van der Waals surface area contributed by atoms with Crippen molar-refractivity contribution in [3.8, 4) is 0 Å². The third kappa shape index (κ3) is 2.46. The van der Waals surface area contributed by atoms with E-state index in [9.17, 15) is 20.1 Å². The molecule has 0 aromatic rings. The van der Waals surface area contributed by atoms with E-state index in [1.165, 1.54) is 0 Å². The molecule has 1 aliphatic rings. The third-order valence-electron chi connectivity index (χ3n) is 2.64. The molecular weight excluding hydrogens is 204 g/mol. The van der Waals surface area contributed by atoms with E-state index in [-0.39, 0.29) is 19.4 Å². The highest BCUT2D eigenvalue weighted by atomic mass is 16.5. The molecule has 0 spiro atoms. The van der Waals surface area contributed by atoms with E-state index in [1.54, 1.807) is 6.92 Å². The number of carboxylic acid groups (broad SMARTS) is 1. The number of hydrogen-bond donors (Lipinski definition) is 4. The molecule has 0 bridgehead atoms. The molecule has 0 aromatic carbocycles. The predicted octanol–water partition coefficient (Wildman–Crippen LogP) is -1.28. The summed E-state index contributed by atoms with van der Waals surface area (Å²) in [6.07, 6.45) is -3.87. The van der Waals surface area contributed by atoms with Crippen LogP contribution in [0, 0.1) is 0 Å². The summed E-state index contributed by atoms with van der Waals surface area (Å²) in [6.45, 7) is 1.97. The fraction of sp³-hybridized carbons (Fsp3) is 0.889. The van der Waals surface area contributed by atoms with E-state index in [0.29, 0.717) is 0 Å². The van der Waals surface area contributed by atoms with Gasteiger partial charge in [-0.15, -0.1) is 0 Å². The maximum Gasteiger partial charge on any atom is 0.335 e. The highest BCUT2D eigenvalue weighted by Crippen LogP contribution is 2.31. The van der Waals surface area contributed by atoms with Crippen molar-refractivity contribution in [3.63, 3.8) is 0 Å². The van der Waals surface area contributed by atoms with Crippen molar-refractivity contribution >= 4 is 5.97 Å². The van der Waals surface area contributed by atoms with Crippen molar-refractivity contribution in [2.24, 2.45) is 0 Å². The Kier molecular flexibility index (Phi) is 3.67. The Bertz CT molecular complexity index is 243. The zero-order chi connectivity index (χ0) is 11.6. The lowest BCUT2D eigenvalue weighted by molar-refractivity contribution is -0.193. The third-order valence-corrected chi connectivity index (χ3v) is 2.64. The second kappa shape index (κ2) is 4.44. The van der Waals surface area contributed by atoms with Gasteiger partial charge in [0.25, 0.3) is 0 Å². The Balaban J connectivity index is 2.78. The van der Waals surface area contributed by atoms with Gasteiger partial charge < -0.3 is 25.2 Å². The van der Waals surface area contributed by atoms with E-state index in [0.717, 1.165) is 0 Å². The van der Waals surface area contributed by atoms with Crippen molar-refractivity contribution in [1.29, 1.82) is 0 Å². The fourth-order valence-electron chi connectivity index (χ4n) is 1.80. The summed E-state index contributed by atoms with van der Waals surface area (Å²) in [7, 11) is 0. The summed E-state index contributed by atoms with van der Waals surface area (Å²) < 4.78 is 5.08. The quantitative estimate of drug-likeness (QED) is 0.472. The van der Waals surface area contributed by atoms with Crippen LogP contribution in [0.5, 0.6) is 0 Å². The monoisotopic (exact) mass is 220 g/mol. The van der Waals surface area contributed by atoms with Gasteiger partial charge in [-0.1, -0.05) is 0 Å². The van der Waals surface area contributed by atoms with Crippen molar-refractivity contribution < 1.29 is 30.0 Å². The summed E-state index contributed by atoms with van der Waals surface area (Å²) in [4.78, 5) is 10.8. The number of aliphatic hydroxyl groups excluding tert-OH is 2. The van der Waals surface area contributed by atoms with Crippen molar-refractivity contribution in [2.45, 2.75) is 43.7 Å². The minimum Gasteiger partial charge on any atom is -0.479 e. The van der Waals surface area contributed by atoms with Gasteiger partial charge in [0.15, 0.2) is 5.60 Å². The second-order valence-electron chi connectivity index (χ2n) is 3.80. The first-order valence-electron chi connectivity index (χ1n) is 4.84. The summed E-state index contributed by atoms with van der Waals surface area (Å²) in [6, 6.07) is 0. The average molecular weight is 220 g/mol. The molecule has 4 atom stereocenters. The first kappa shape index (κ1) is 12.4. The van der Waals surface area contributed by atoms with Crippen LogP contribution in [0.4, 0.5) is 0 Å². The van der Waals surface area contributed by atoms with E-state index in [2.05, 4.69) is 0 Å². The SMILES string of the molecule is CCOC1CC(O)(C(=O)O)CC(O)C1O. The number of rotatable bonds is 3. The first-order chi connectivity index (χ1) is 6.90. The molecule has 0 saturated heterocycles. The van der Waals surface area contributed by atoms with Crippen LogP contribution < -0.4 is 0 Å². The molecule has 0 aromatic heterocycles. The van der Waals surface area contributed by atoms with Crippen molar-refractivity contribution in [2.75, 3.05) is 6.61 Å². The Morgan fingerprint density at radius 1 is 1.47 bits per heavy atom. The van der Waals surface area contributed by atoms with E-state index in [1.807, 2.05) is 0 Å². The van der Waals surface area contributed by atoms with Crippen LogP contribution in [0.3, 0.4) is 0 Å². The molecule has 15 heavy (non-hydrogen) atoms. The van der Waals surface area contributed by atoms with Gasteiger partial charge in [0.1, 0.15) is 6.10 Å². The molecule has 6 nitrogen and oxygen atoms in total. The molecule has 0 radical (unpaired) electrons. The number of aliphatic carboxylic acids is 1. The highest BCUT2D eigenvalue weighted by molar-refractivity contribution is 5.77. The van der Waals surface area contributed by atoms with Gasteiger partial charge in [-0.25, -0.2) is 4.79 Å². The molecule has 88 valence electrons. The number of ether oxygens (including phenoxy) is 1. The Morgan fingerprint density at radius 2 is 2.07 bits per heavy atom. The fourth-order valence-corrected chi connectivity index (χ4v) is 1.80. The minimum atomic E-state index is -2.02. The van der Waals surface area contributed by atoms with Crippen LogP contribution in [0.25, 0.3) is 0 Å². The van der Waals surface area contributed by atoms with Crippen LogP contribution in [-0.4, -0.2) is 56.9 Å². The minimum absolute atomic E-state index is 0.214. The highest BCUT2D eigenvalue weighted by Gasteiger charge is 2.49. The zero-order valence-corrected chi connectivity index (χ0v) is 8.46. The van der Waals surface area contributed by atoms with Crippen LogP contribution >= 0.6 is 0 Å². The van der Waals surface area contributed by atoms with Gasteiger partial charge >= 0.3 is 5.97 Å². The second-order valence-corrected chi connectivity index (χ2v) is 3.80. The number of aliphatic hydroxyl groups is 3. The normalized spacial score (nSPS) is 41.5. The summed E-state index contributed by atoms with van der Waals surface area (Å²) in [5.74, 6) is -1.40. The molecular formula is C9H16O6. The molecule has 1 aliphatic carbocycles. The largest absolute Gasteiger partial charge is 0.479 e. The predicted molar refractivity (Wildman–Crippen MR) is 49.2 cm³/mol. The van der Waals surface area contributed by atoms with Gasteiger partial charge in [-0.3, -0.25) is 0 Å². The van der Waals surface area contributed by atoms with Crippen LogP contribution in [-0.2, 0) is 9.53 Å². The lowest BCUT2D eigenvalue weighted by Gasteiger charge is -2.39. The Hall–Kier alpha value is -0.690. The summed E-state index contributed by atoms with van der Waals surface area (Å²) >= 11 is 0. The molecule has 0 aliphatic heterocycles. The number of hydrogen-bond acceptors (Lipinski definition) is 5. The molecule has 4 unspecified atom stereocenters. The molecule has 4 N–H and O–H groups in total. The zero-order valence-electron chi connectivity index (χ0n) is 8.46. The van der Waals surface area contributed by atoms with Gasteiger partial charge in [-0.05, 0) is 6.92 Å². The van der Waals surface area contributed by atoms with E-state index >= 15 is 0 Å². The lowest BCUT2D eigenvalue weighted by atomic mass is 9.79. The van der Waals surface area contributed by atoms with Crippen molar-refractivity contribution in [1.82, 2.24) is 0 Å². The summed E-state index contributed by atoms with van der Waals surface area (Å²) in [5.41, 5.74) is -2.02. The average Bonchev–Trinajstić information content (AvgIpc) is 2.14. The molecule has 1 saturated carbocycles. The number of carbonyl (C=O) groups is 1. The van der Waals surface area contributed by atoms with Crippen LogP contribution in [0.15, 0.2) is 0 Å². The maximum absolute atomic E-state index is 10.8. The Morgan fingerprint density at radius 3 is 2.53 bits per heavy atom. The molecule has 1 fully saturated rings. The number of carboxylic acids is 1. The standard InChI is InChI=1S/C9H16O6/c1-2-15-6-4-9(14,8(12)13)3-5(10)7(6)11/h5-7,10-11,14H,2-4H2,1H3,(H,12,13). The topological polar surface area (TPSA) is 107 Å². The molecule has 0 heterocycles. The van der Waals surface area contributed by atoms with Gasteiger partial charge in [0.05, 0.1) is 12.2 Å². The smallest absolute Gasteiger partial charge is 0.335 e. The van der Waals surface area contributed by atoms with Crippen LogP contribution in [0.1, 0.15) is 19.8 Å². The molecule has 0 amide bonds. The first-order valence-corrected chi connectivity index (χ1v) is 4.84. The van der Waals surface area contributed by atoms with Crippen LogP contribution in [0.2, 0.25) is 0 Å². The van der Waals surface area contributed by atoms with Gasteiger partial charge in [0, 0.05) is 19.4 Å². The van der Waals surface area contributed by atoms with Gasteiger partial charge in [-0.2, -0.15) is 0 Å².